The summed E-state index contributed by atoms with van der Waals surface area (Å²) in [5.74, 6) is 1.43. The highest BCUT2D eigenvalue weighted by Gasteiger charge is 2.34. The van der Waals surface area contributed by atoms with Crippen molar-refractivity contribution in [2.24, 2.45) is 5.92 Å². The lowest BCUT2D eigenvalue weighted by Crippen LogP contribution is -2.29. The van der Waals surface area contributed by atoms with Crippen LogP contribution < -0.4 is 5.32 Å². The third-order valence-electron chi connectivity index (χ3n) is 4.16. The summed E-state index contributed by atoms with van der Waals surface area (Å²) >= 11 is 0. The van der Waals surface area contributed by atoms with Crippen molar-refractivity contribution in [1.82, 2.24) is 14.5 Å². The van der Waals surface area contributed by atoms with Crippen molar-refractivity contribution >= 4 is 17.6 Å². The van der Waals surface area contributed by atoms with Gasteiger partial charge in [-0.2, -0.15) is 0 Å². The van der Waals surface area contributed by atoms with Crippen LogP contribution in [-0.2, 0) is 22.6 Å². The van der Waals surface area contributed by atoms with Gasteiger partial charge in [-0.3, -0.25) is 9.59 Å². The summed E-state index contributed by atoms with van der Waals surface area (Å²) in [6.45, 7) is 5.51. The monoisotopic (exact) mass is 288 g/mol. The molecular weight excluding hydrogens is 268 g/mol. The first-order valence-corrected chi connectivity index (χ1v) is 7.43. The molecule has 2 aliphatic rings. The molecule has 0 radical (unpaired) electrons. The summed E-state index contributed by atoms with van der Waals surface area (Å²) in [5.41, 5.74) is 0. The van der Waals surface area contributed by atoms with Crippen LogP contribution in [-0.4, -0.2) is 39.4 Å². The van der Waals surface area contributed by atoms with Crippen molar-refractivity contribution in [3.8, 4) is 0 Å². The Balaban J connectivity index is 1.66. The van der Waals surface area contributed by atoms with E-state index in [4.69, 9.17) is 0 Å². The molecule has 0 aromatic carbocycles. The fraction of sp³-hybridized carbons (Fsp3) is 0.533. The molecule has 1 N–H and O–H groups in total. The first-order valence-electron chi connectivity index (χ1n) is 7.43. The lowest BCUT2D eigenvalue weighted by molar-refractivity contribution is -0.127. The van der Waals surface area contributed by atoms with E-state index in [2.05, 4.69) is 21.4 Å². The highest BCUT2D eigenvalue weighted by Crippen LogP contribution is 2.22. The largest absolute Gasteiger partial charge is 0.338 e. The van der Waals surface area contributed by atoms with Crippen LogP contribution in [0.5, 0.6) is 0 Å². The number of likely N-dealkylation sites (tertiary alicyclic amines) is 1. The van der Waals surface area contributed by atoms with Crippen molar-refractivity contribution in [2.45, 2.75) is 32.2 Å². The molecule has 1 fully saturated rings. The molecule has 112 valence electrons. The number of rotatable bonds is 4. The molecule has 3 rings (SSSR count). The molecule has 0 spiro atoms. The molecule has 21 heavy (non-hydrogen) atoms. The van der Waals surface area contributed by atoms with Gasteiger partial charge in [0, 0.05) is 32.5 Å². The minimum absolute atomic E-state index is 0.0189. The lowest BCUT2D eigenvalue weighted by atomic mass is 10.1. The van der Waals surface area contributed by atoms with E-state index in [-0.39, 0.29) is 24.2 Å². The third-order valence-corrected chi connectivity index (χ3v) is 4.16. The van der Waals surface area contributed by atoms with Crippen molar-refractivity contribution < 1.29 is 9.59 Å². The van der Waals surface area contributed by atoms with Crippen LogP contribution in [0.2, 0.25) is 0 Å². The van der Waals surface area contributed by atoms with E-state index >= 15 is 0 Å². The average molecular weight is 288 g/mol. The van der Waals surface area contributed by atoms with E-state index in [0.717, 1.165) is 37.4 Å². The lowest BCUT2D eigenvalue weighted by Gasteiger charge is -2.18. The molecule has 1 atom stereocenters. The number of imidazole rings is 1. The van der Waals surface area contributed by atoms with Gasteiger partial charge in [0.25, 0.3) is 0 Å². The Morgan fingerprint density at radius 3 is 3.19 bits per heavy atom. The van der Waals surface area contributed by atoms with Gasteiger partial charge < -0.3 is 14.8 Å². The van der Waals surface area contributed by atoms with Crippen molar-refractivity contribution in [1.29, 1.82) is 0 Å². The number of aromatic nitrogens is 2. The van der Waals surface area contributed by atoms with Gasteiger partial charge >= 0.3 is 0 Å². The average Bonchev–Trinajstić information content (AvgIpc) is 3.05. The number of nitrogens with zero attached hydrogens (tertiary/aromatic N) is 3. The second-order valence-electron chi connectivity index (χ2n) is 5.65. The maximum absolute atomic E-state index is 12.3. The van der Waals surface area contributed by atoms with Gasteiger partial charge in [0.2, 0.25) is 11.8 Å². The summed E-state index contributed by atoms with van der Waals surface area (Å²) in [7, 11) is 0. The summed E-state index contributed by atoms with van der Waals surface area (Å²) in [6, 6.07) is 0. The minimum atomic E-state index is -0.285. The summed E-state index contributed by atoms with van der Waals surface area (Å²) in [4.78, 5) is 30.2. The molecule has 1 saturated heterocycles. The maximum atomic E-state index is 12.3. The van der Waals surface area contributed by atoms with Crippen LogP contribution in [0, 0.1) is 5.92 Å². The number of hydrogen-bond donors (Lipinski definition) is 1. The van der Waals surface area contributed by atoms with Crippen LogP contribution >= 0.6 is 0 Å². The first kappa shape index (κ1) is 13.9. The highest BCUT2D eigenvalue weighted by molar-refractivity contribution is 5.96. The van der Waals surface area contributed by atoms with Gasteiger partial charge in [-0.25, -0.2) is 4.98 Å². The van der Waals surface area contributed by atoms with E-state index in [0.29, 0.717) is 13.1 Å². The number of aryl methyl sites for hydroxylation is 1. The van der Waals surface area contributed by atoms with Gasteiger partial charge in [-0.05, 0) is 12.8 Å². The van der Waals surface area contributed by atoms with Gasteiger partial charge in [0.1, 0.15) is 11.6 Å². The van der Waals surface area contributed by atoms with Crippen molar-refractivity contribution in [2.75, 3.05) is 18.4 Å². The van der Waals surface area contributed by atoms with Gasteiger partial charge in [-0.1, -0.05) is 6.08 Å². The van der Waals surface area contributed by atoms with Crippen LogP contribution in [0.1, 0.15) is 25.1 Å². The maximum Gasteiger partial charge on any atom is 0.230 e. The molecule has 2 aliphatic heterocycles. The number of carbonyl (C=O) groups is 2. The second kappa shape index (κ2) is 5.71. The Bertz CT molecular complexity index is 578. The van der Waals surface area contributed by atoms with E-state index in [1.165, 1.54) is 0 Å². The zero-order valence-corrected chi connectivity index (χ0v) is 12.0. The fourth-order valence-electron chi connectivity index (χ4n) is 3.02. The van der Waals surface area contributed by atoms with E-state index in [1.807, 2.05) is 0 Å². The predicted molar refractivity (Wildman–Crippen MR) is 78.7 cm³/mol. The van der Waals surface area contributed by atoms with Gasteiger partial charge in [0.15, 0.2) is 0 Å². The Morgan fingerprint density at radius 2 is 2.38 bits per heavy atom. The molecule has 0 unspecified atom stereocenters. The minimum Gasteiger partial charge on any atom is -0.338 e. The number of fused-ring (bicyclic) bond motifs is 1. The van der Waals surface area contributed by atoms with E-state index in [9.17, 15) is 9.59 Å². The normalized spacial score (nSPS) is 21.2. The van der Waals surface area contributed by atoms with Crippen LogP contribution in [0.15, 0.2) is 18.9 Å². The Morgan fingerprint density at radius 1 is 1.52 bits per heavy atom. The molecule has 0 aliphatic carbocycles. The first-order chi connectivity index (χ1) is 10.2. The second-order valence-corrected chi connectivity index (χ2v) is 5.65. The Labute approximate surface area is 123 Å². The quantitative estimate of drug-likeness (QED) is 0.846. The molecule has 3 heterocycles. The van der Waals surface area contributed by atoms with Crippen molar-refractivity contribution in [3.05, 3.63) is 24.7 Å². The zero-order valence-electron chi connectivity index (χ0n) is 12.0. The zero-order chi connectivity index (χ0) is 14.8. The molecule has 1 aromatic rings. The Kier molecular flexibility index (Phi) is 3.77. The van der Waals surface area contributed by atoms with Crippen LogP contribution in [0.25, 0.3) is 0 Å². The van der Waals surface area contributed by atoms with Crippen LogP contribution in [0.3, 0.4) is 0 Å². The number of nitrogens with one attached hydrogen (secondary N) is 1. The fourth-order valence-corrected chi connectivity index (χ4v) is 3.02. The Hall–Kier alpha value is -2.11. The van der Waals surface area contributed by atoms with Gasteiger partial charge in [0.05, 0.1) is 12.1 Å². The number of hydrogen-bond acceptors (Lipinski definition) is 3. The predicted octanol–water partition coefficient (Wildman–Crippen LogP) is 1.19. The molecule has 0 saturated carbocycles. The number of carbonyl (C=O) groups excluding carboxylic acids is 2. The van der Waals surface area contributed by atoms with Crippen LogP contribution in [0.4, 0.5) is 5.82 Å². The molecule has 6 nitrogen and oxygen atoms in total. The summed E-state index contributed by atoms with van der Waals surface area (Å²) in [5, 5.41) is 2.93. The topological polar surface area (TPSA) is 67.2 Å². The van der Waals surface area contributed by atoms with E-state index < -0.39 is 0 Å². The van der Waals surface area contributed by atoms with Gasteiger partial charge in [-0.15, -0.1) is 6.58 Å². The number of anilines is 1. The summed E-state index contributed by atoms with van der Waals surface area (Å²) < 4.78 is 2.07. The van der Waals surface area contributed by atoms with Crippen molar-refractivity contribution in [3.63, 3.8) is 0 Å². The molecular formula is C15H20N4O2. The molecule has 0 bridgehead atoms. The SMILES string of the molecule is C=CCN1C[C@H](C(=O)Nc2cnc3n2CCCC3)CC1=O. The standard InChI is InChI=1S/C15H20N4O2/c1-2-6-18-10-11(8-14(18)20)15(21)17-13-9-16-12-5-3-4-7-19(12)13/h2,9,11H,1,3-8,10H2,(H,17,21)/t11-/m1/s1. The molecule has 2 amide bonds. The summed E-state index contributed by atoms with van der Waals surface area (Å²) in [6.07, 6.45) is 6.91. The molecule has 6 heteroatoms. The smallest absolute Gasteiger partial charge is 0.230 e. The number of amides is 2. The highest BCUT2D eigenvalue weighted by atomic mass is 16.2. The molecule has 1 aromatic heterocycles. The third kappa shape index (κ3) is 2.70. The van der Waals surface area contributed by atoms with E-state index in [1.54, 1.807) is 17.2 Å².